The van der Waals surface area contributed by atoms with Gasteiger partial charge in [-0.25, -0.2) is 8.78 Å². The van der Waals surface area contributed by atoms with Crippen molar-refractivity contribution < 1.29 is 8.78 Å². The van der Waals surface area contributed by atoms with Crippen molar-refractivity contribution in [2.24, 2.45) is 0 Å². The average molecular weight is 372 g/mol. The third-order valence-corrected chi connectivity index (χ3v) is 5.86. The zero-order valence-electron chi connectivity index (χ0n) is 11.7. The first-order valence-electron chi connectivity index (χ1n) is 7.07. The average Bonchev–Trinajstić information content (AvgIpc) is 2.86. The lowest BCUT2D eigenvalue weighted by molar-refractivity contribution is 0.582. The van der Waals surface area contributed by atoms with Crippen LogP contribution in [-0.2, 0) is 12.8 Å². The van der Waals surface area contributed by atoms with Gasteiger partial charge in [0, 0.05) is 20.3 Å². The lowest BCUT2D eigenvalue weighted by atomic mass is 9.99. The van der Waals surface area contributed by atoms with Crippen LogP contribution in [-0.4, -0.2) is 0 Å². The molecule has 0 spiro atoms. The molecule has 2 aromatic rings. The number of halogens is 3. The van der Waals surface area contributed by atoms with Crippen molar-refractivity contribution in [1.82, 2.24) is 0 Å². The Kier molecular flexibility index (Phi) is 4.31. The van der Waals surface area contributed by atoms with Crippen molar-refractivity contribution in [2.45, 2.75) is 38.6 Å². The van der Waals surface area contributed by atoms with Crippen LogP contribution >= 0.6 is 27.3 Å². The SMILES string of the molecule is CC(Nc1c(F)cc(F)cc1Br)c1cc2c(s1)CCCC2. The molecular formula is C16H16BrF2NS. The van der Waals surface area contributed by atoms with Gasteiger partial charge in [-0.05, 0) is 66.2 Å². The summed E-state index contributed by atoms with van der Waals surface area (Å²) in [6, 6.07) is 4.40. The molecule has 1 unspecified atom stereocenters. The minimum Gasteiger partial charge on any atom is -0.374 e. The summed E-state index contributed by atoms with van der Waals surface area (Å²) in [5, 5.41) is 3.15. The Balaban J connectivity index is 1.83. The Labute approximate surface area is 135 Å². The molecule has 21 heavy (non-hydrogen) atoms. The van der Waals surface area contributed by atoms with E-state index in [-0.39, 0.29) is 6.04 Å². The highest BCUT2D eigenvalue weighted by Gasteiger charge is 2.18. The van der Waals surface area contributed by atoms with Crippen LogP contribution in [0.25, 0.3) is 0 Å². The molecule has 1 aromatic heterocycles. The summed E-state index contributed by atoms with van der Waals surface area (Å²) in [6.07, 6.45) is 4.81. The van der Waals surface area contributed by atoms with Crippen LogP contribution in [0.2, 0.25) is 0 Å². The fourth-order valence-electron chi connectivity index (χ4n) is 2.69. The van der Waals surface area contributed by atoms with E-state index in [1.54, 1.807) is 11.3 Å². The molecule has 0 amide bonds. The Bertz CT molecular complexity index is 622. The highest BCUT2D eigenvalue weighted by Crippen LogP contribution is 2.36. The molecule has 0 aliphatic heterocycles. The van der Waals surface area contributed by atoms with Crippen molar-refractivity contribution in [2.75, 3.05) is 5.32 Å². The molecule has 0 saturated heterocycles. The Morgan fingerprint density at radius 2 is 1.95 bits per heavy atom. The van der Waals surface area contributed by atoms with Crippen molar-refractivity contribution in [3.63, 3.8) is 0 Å². The van der Waals surface area contributed by atoms with Gasteiger partial charge in [-0.3, -0.25) is 0 Å². The Morgan fingerprint density at radius 1 is 1.19 bits per heavy atom. The maximum atomic E-state index is 13.9. The molecule has 1 nitrogen and oxygen atoms in total. The quantitative estimate of drug-likeness (QED) is 0.714. The van der Waals surface area contributed by atoms with Gasteiger partial charge in [0.15, 0.2) is 0 Å². The summed E-state index contributed by atoms with van der Waals surface area (Å²) in [6.45, 7) is 2.01. The van der Waals surface area contributed by atoms with E-state index in [1.807, 2.05) is 6.92 Å². The predicted octanol–water partition coefficient (Wildman–Crippen LogP) is 5.84. The van der Waals surface area contributed by atoms with E-state index in [4.69, 9.17) is 0 Å². The molecule has 3 rings (SSSR count). The number of fused-ring (bicyclic) bond motifs is 1. The van der Waals surface area contributed by atoms with Gasteiger partial charge in [-0.1, -0.05) is 0 Å². The van der Waals surface area contributed by atoms with Crippen molar-refractivity contribution >= 4 is 33.0 Å². The van der Waals surface area contributed by atoms with Gasteiger partial charge in [-0.2, -0.15) is 0 Å². The number of aryl methyl sites for hydroxylation is 2. The van der Waals surface area contributed by atoms with E-state index in [0.717, 1.165) is 18.9 Å². The second kappa shape index (κ2) is 6.05. The van der Waals surface area contributed by atoms with Crippen LogP contribution in [0.15, 0.2) is 22.7 Å². The summed E-state index contributed by atoms with van der Waals surface area (Å²) in [5.41, 5.74) is 1.75. The van der Waals surface area contributed by atoms with Gasteiger partial charge in [0.25, 0.3) is 0 Å². The monoisotopic (exact) mass is 371 g/mol. The zero-order chi connectivity index (χ0) is 15.0. The summed E-state index contributed by atoms with van der Waals surface area (Å²) in [5.74, 6) is -1.15. The Morgan fingerprint density at radius 3 is 2.67 bits per heavy atom. The maximum absolute atomic E-state index is 13.9. The van der Waals surface area contributed by atoms with E-state index in [0.29, 0.717) is 10.2 Å². The largest absolute Gasteiger partial charge is 0.374 e. The predicted molar refractivity (Wildman–Crippen MR) is 87.1 cm³/mol. The van der Waals surface area contributed by atoms with Crippen LogP contribution in [0.3, 0.4) is 0 Å². The van der Waals surface area contributed by atoms with Crippen LogP contribution in [0.5, 0.6) is 0 Å². The highest BCUT2D eigenvalue weighted by atomic mass is 79.9. The lowest BCUT2D eigenvalue weighted by Gasteiger charge is -2.16. The smallest absolute Gasteiger partial charge is 0.150 e. The molecule has 1 atom stereocenters. The molecule has 1 aromatic carbocycles. The van der Waals surface area contributed by atoms with Crippen molar-refractivity contribution in [3.8, 4) is 0 Å². The number of thiophene rings is 1. The van der Waals surface area contributed by atoms with Gasteiger partial charge in [0.1, 0.15) is 11.6 Å². The van der Waals surface area contributed by atoms with Crippen LogP contribution in [0.1, 0.15) is 41.1 Å². The van der Waals surface area contributed by atoms with Crippen LogP contribution in [0.4, 0.5) is 14.5 Å². The maximum Gasteiger partial charge on any atom is 0.150 e. The molecule has 1 heterocycles. The summed E-state index contributed by atoms with van der Waals surface area (Å²) in [7, 11) is 0. The number of hydrogen-bond acceptors (Lipinski definition) is 2. The van der Waals surface area contributed by atoms with E-state index in [9.17, 15) is 8.78 Å². The number of nitrogens with one attached hydrogen (secondary N) is 1. The molecule has 0 fully saturated rings. The zero-order valence-corrected chi connectivity index (χ0v) is 14.1. The fourth-order valence-corrected chi connectivity index (χ4v) is 4.48. The Hall–Kier alpha value is -0.940. The molecule has 0 radical (unpaired) electrons. The molecule has 1 N–H and O–H groups in total. The minimum atomic E-state index is -0.579. The number of rotatable bonds is 3. The van der Waals surface area contributed by atoms with Crippen LogP contribution in [0, 0.1) is 11.6 Å². The molecule has 112 valence electrons. The molecule has 0 bridgehead atoms. The van der Waals surface area contributed by atoms with Gasteiger partial charge in [0.05, 0.1) is 11.7 Å². The van der Waals surface area contributed by atoms with Gasteiger partial charge in [0.2, 0.25) is 0 Å². The van der Waals surface area contributed by atoms with Gasteiger partial charge < -0.3 is 5.32 Å². The molecular weight excluding hydrogens is 356 g/mol. The second-order valence-corrected chi connectivity index (χ2v) is 7.44. The number of benzene rings is 1. The minimum absolute atomic E-state index is 0.00291. The highest BCUT2D eigenvalue weighted by molar-refractivity contribution is 9.10. The normalized spacial score (nSPS) is 15.6. The third-order valence-electron chi connectivity index (χ3n) is 3.81. The molecule has 1 aliphatic carbocycles. The van der Waals surface area contributed by atoms with E-state index in [1.165, 1.54) is 34.2 Å². The summed E-state index contributed by atoms with van der Waals surface area (Å²) < 4.78 is 27.4. The first-order chi connectivity index (χ1) is 10.0. The molecule has 1 aliphatic rings. The number of hydrogen-bond donors (Lipinski definition) is 1. The third kappa shape index (κ3) is 3.14. The molecule has 5 heteroatoms. The van der Waals surface area contributed by atoms with Gasteiger partial charge >= 0.3 is 0 Å². The van der Waals surface area contributed by atoms with E-state index in [2.05, 4.69) is 27.3 Å². The second-order valence-electron chi connectivity index (χ2n) is 5.41. The summed E-state index contributed by atoms with van der Waals surface area (Å²) in [4.78, 5) is 2.67. The van der Waals surface area contributed by atoms with E-state index >= 15 is 0 Å². The summed E-state index contributed by atoms with van der Waals surface area (Å²) >= 11 is 5.02. The van der Waals surface area contributed by atoms with Gasteiger partial charge in [-0.15, -0.1) is 11.3 Å². The topological polar surface area (TPSA) is 12.0 Å². The van der Waals surface area contributed by atoms with Crippen LogP contribution < -0.4 is 5.32 Å². The fraction of sp³-hybridized carbons (Fsp3) is 0.375. The van der Waals surface area contributed by atoms with Crippen molar-refractivity contribution in [3.05, 3.63) is 49.6 Å². The first-order valence-corrected chi connectivity index (χ1v) is 8.68. The standard InChI is InChI=1S/C16H16BrF2NS/c1-9(15-6-10-4-2-3-5-14(10)21-15)20-16-12(17)7-11(18)8-13(16)19/h6-9,20H,2-5H2,1H3. The number of anilines is 1. The van der Waals surface area contributed by atoms with Crippen molar-refractivity contribution in [1.29, 1.82) is 0 Å². The van der Waals surface area contributed by atoms with E-state index < -0.39 is 11.6 Å². The molecule has 0 saturated carbocycles. The first kappa shape index (κ1) is 15.0. The lowest BCUT2D eigenvalue weighted by Crippen LogP contribution is -2.07.